The van der Waals surface area contributed by atoms with Gasteiger partial charge in [-0.25, -0.2) is 0 Å². The quantitative estimate of drug-likeness (QED) is 0.679. The zero-order valence-corrected chi connectivity index (χ0v) is 8.24. The molecular formula is C10H20N2O. The maximum atomic E-state index is 5.69. The maximum absolute atomic E-state index is 5.69. The average Bonchev–Trinajstić information content (AvgIpc) is 1.99. The van der Waals surface area contributed by atoms with Crippen LogP contribution in [0.4, 0.5) is 0 Å². The number of ether oxygens (including phenoxy) is 1. The molecule has 0 aromatic heterocycles. The smallest absolute Gasteiger partial charge is 0.0597 e. The van der Waals surface area contributed by atoms with Crippen LogP contribution in [0.1, 0.15) is 25.7 Å². The number of hydrogen-bond acceptors (Lipinski definition) is 3. The van der Waals surface area contributed by atoms with E-state index in [1.807, 2.05) is 0 Å². The molecule has 2 N–H and O–H groups in total. The molecular weight excluding hydrogens is 164 g/mol. The summed E-state index contributed by atoms with van der Waals surface area (Å²) in [7, 11) is 0. The highest BCUT2D eigenvalue weighted by molar-refractivity contribution is 4.83. The number of rotatable bonds is 5. The summed E-state index contributed by atoms with van der Waals surface area (Å²) in [5.41, 5.74) is 5.61. The first kappa shape index (κ1) is 9.44. The number of nitrogens with two attached hydrogens (primary N) is 1. The van der Waals surface area contributed by atoms with Gasteiger partial charge in [-0.3, -0.25) is 4.90 Å². The van der Waals surface area contributed by atoms with Gasteiger partial charge in [0.05, 0.1) is 12.7 Å². The first-order valence-electron chi connectivity index (χ1n) is 5.46. The summed E-state index contributed by atoms with van der Waals surface area (Å²) in [4.78, 5) is 2.43. The molecule has 2 aliphatic rings. The molecule has 0 spiro atoms. The Morgan fingerprint density at radius 3 is 2.62 bits per heavy atom. The zero-order chi connectivity index (χ0) is 9.10. The Morgan fingerprint density at radius 1 is 1.31 bits per heavy atom. The van der Waals surface area contributed by atoms with Crippen molar-refractivity contribution in [3.63, 3.8) is 0 Å². The third-order valence-electron chi connectivity index (χ3n) is 3.32. The second-order valence-electron chi connectivity index (χ2n) is 4.14. The van der Waals surface area contributed by atoms with Crippen LogP contribution in [0, 0.1) is 0 Å². The predicted octanol–water partition coefficient (Wildman–Crippen LogP) is 0.588. The van der Waals surface area contributed by atoms with Gasteiger partial charge >= 0.3 is 0 Å². The van der Waals surface area contributed by atoms with E-state index in [0.29, 0.717) is 12.1 Å². The van der Waals surface area contributed by atoms with Crippen LogP contribution in [-0.2, 0) is 4.74 Å². The van der Waals surface area contributed by atoms with Crippen molar-refractivity contribution in [3.05, 3.63) is 0 Å². The molecule has 3 heteroatoms. The van der Waals surface area contributed by atoms with E-state index in [4.69, 9.17) is 10.5 Å². The first-order valence-corrected chi connectivity index (χ1v) is 5.46. The minimum atomic E-state index is 0.581. The van der Waals surface area contributed by atoms with Gasteiger partial charge in [0.15, 0.2) is 0 Å². The molecule has 1 heterocycles. The van der Waals surface area contributed by atoms with Crippen LogP contribution >= 0.6 is 0 Å². The summed E-state index contributed by atoms with van der Waals surface area (Å²) < 4.78 is 5.69. The molecule has 1 saturated carbocycles. The van der Waals surface area contributed by atoms with Crippen molar-refractivity contribution in [2.24, 2.45) is 5.73 Å². The van der Waals surface area contributed by atoms with Gasteiger partial charge in [0.1, 0.15) is 0 Å². The fraction of sp³-hybridized carbons (Fsp3) is 1.00. The Bertz CT molecular complexity index is 157. The van der Waals surface area contributed by atoms with Crippen LogP contribution in [0.25, 0.3) is 0 Å². The molecule has 0 aromatic carbocycles. The fourth-order valence-electron chi connectivity index (χ4n) is 1.93. The molecule has 1 aliphatic heterocycles. The highest BCUT2D eigenvalue weighted by atomic mass is 16.5. The summed E-state index contributed by atoms with van der Waals surface area (Å²) in [6.45, 7) is 4.01. The summed E-state index contributed by atoms with van der Waals surface area (Å²) >= 11 is 0. The van der Waals surface area contributed by atoms with Crippen molar-refractivity contribution in [3.8, 4) is 0 Å². The van der Waals surface area contributed by atoms with Crippen LogP contribution in [-0.4, -0.2) is 43.3 Å². The van der Waals surface area contributed by atoms with E-state index >= 15 is 0 Å². The highest BCUT2D eigenvalue weighted by Gasteiger charge is 2.26. The second kappa shape index (κ2) is 4.40. The SMILES string of the molecule is NCC1CCN1CCOC1CCC1. The third kappa shape index (κ3) is 2.22. The largest absolute Gasteiger partial charge is 0.377 e. The van der Waals surface area contributed by atoms with Gasteiger partial charge < -0.3 is 10.5 Å². The Hall–Kier alpha value is -0.120. The van der Waals surface area contributed by atoms with Crippen molar-refractivity contribution < 1.29 is 4.74 Å². The summed E-state index contributed by atoms with van der Waals surface area (Å²) in [5, 5.41) is 0. The van der Waals surface area contributed by atoms with Crippen molar-refractivity contribution >= 4 is 0 Å². The Morgan fingerprint density at radius 2 is 2.15 bits per heavy atom. The second-order valence-corrected chi connectivity index (χ2v) is 4.14. The number of likely N-dealkylation sites (tertiary alicyclic amines) is 1. The molecule has 1 unspecified atom stereocenters. The minimum Gasteiger partial charge on any atom is -0.377 e. The van der Waals surface area contributed by atoms with Crippen LogP contribution in [0.5, 0.6) is 0 Å². The first-order chi connectivity index (χ1) is 6.40. The van der Waals surface area contributed by atoms with Crippen LogP contribution in [0.3, 0.4) is 0 Å². The van der Waals surface area contributed by atoms with Crippen LogP contribution < -0.4 is 5.73 Å². The molecule has 0 bridgehead atoms. The normalized spacial score (nSPS) is 29.8. The van der Waals surface area contributed by atoms with Gasteiger partial charge in [0, 0.05) is 25.7 Å². The molecule has 0 aromatic rings. The number of nitrogens with zero attached hydrogens (tertiary/aromatic N) is 1. The third-order valence-corrected chi connectivity index (χ3v) is 3.32. The van der Waals surface area contributed by atoms with E-state index in [1.165, 1.54) is 32.2 Å². The zero-order valence-electron chi connectivity index (χ0n) is 8.24. The molecule has 2 rings (SSSR count). The van der Waals surface area contributed by atoms with Crippen LogP contribution in [0.2, 0.25) is 0 Å². The van der Waals surface area contributed by atoms with Crippen molar-refractivity contribution in [1.29, 1.82) is 0 Å². The lowest BCUT2D eigenvalue weighted by atomic mass is 9.96. The molecule has 0 radical (unpaired) electrons. The molecule has 13 heavy (non-hydrogen) atoms. The molecule has 0 amide bonds. The standard InChI is InChI=1S/C10H20N2O/c11-8-9-4-5-12(9)6-7-13-10-2-1-3-10/h9-10H,1-8,11H2. The van der Waals surface area contributed by atoms with E-state index < -0.39 is 0 Å². The monoisotopic (exact) mass is 184 g/mol. The van der Waals surface area contributed by atoms with E-state index in [0.717, 1.165) is 19.7 Å². The van der Waals surface area contributed by atoms with Crippen LogP contribution in [0.15, 0.2) is 0 Å². The fourth-order valence-corrected chi connectivity index (χ4v) is 1.93. The van der Waals surface area contributed by atoms with E-state index in [-0.39, 0.29) is 0 Å². The van der Waals surface area contributed by atoms with Gasteiger partial charge in [-0.15, -0.1) is 0 Å². The van der Waals surface area contributed by atoms with Gasteiger partial charge in [0.2, 0.25) is 0 Å². The topological polar surface area (TPSA) is 38.5 Å². The van der Waals surface area contributed by atoms with Crippen molar-refractivity contribution in [2.45, 2.75) is 37.8 Å². The van der Waals surface area contributed by atoms with Crippen molar-refractivity contribution in [2.75, 3.05) is 26.2 Å². The lowest BCUT2D eigenvalue weighted by Gasteiger charge is -2.40. The molecule has 3 nitrogen and oxygen atoms in total. The lowest BCUT2D eigenvalue weighted by molar-refractivity contribution is -0.0239. The minimum absolute atomic E-state index is 0.581. The number of hydrogen-bond donors (Lipinski definition) is 1. The molecule has 76 valence electrons. The molecule has 1 atom stereocenters. The van der Waals surface area contributed by atoms with Gasteiger partial charge in [-0.1, -0.05) is 0 Å². The van der Waals surface area contributed by atoms with Gasteiger partial charge in [-0.2, -0.15) is 0 Å². The predicted molar refractivity (Wildman–Crippen MR) is 52.6 cm³/mol. The van der Waals surface area contributed by atoms with E-state index in [1.54, 1.807) is 0 Å². The Balaban J connectivity index is 1.52. The van der Waals surface area contributed by atoms with Crippen molar-refractivity contribution in [1.82, 2.24) is 4.90 Å². The highest BCUT2D eigenvalue weighted by Crippen LogP contribution is 2.22. The molecule has 1 saturated heterocycles. The Kier molecular flexibility index (Phi) is 3.19. The summed E-state index contributed by atoms with van der Waals surface area (Å²) in [6.07, 6.45) is 5.78. The summed E-state index contributed by atoms with van der Waals surface area (Å²) in [6, 6.07) is 0.644. The molecule has 1 aliphatic carbocycles. The van der Waals surface area contributed by atoms with Gasteiger partial charge in [-0.05, 0) is 25.7 Å². The van der Waals surface area contributed by atoms with E-state index in [2.05, 4.69) is 4.90 Å². The average molecular weight is 184 g/mol. The molecule has 2 fully saturated rings. The summed E-state index contributed by atoms with van der Waals surface area (Å²) in [5.74, 6) is 0. The maximum Gasteiger partial charge on any atom is 0.0597 e. The lowest BCUT2D eigenvalue weighted by Crippen LogP contribution is -2.52. The van der Waals surface area contributed by atoms with Gasteiger partial charge in [0.25, 0.3) is 0 Å². The van der Waals surface area contributed by atoms with E-state index in [9.17, 15) is 0 Å². The Labute approximate surface area is 80.2 Å².